The van der Waals surface area contributed by atoms with Crippen molar-refractivity contribution < 1.29 is 18.0 Å². The molecule has 0 saturated carbocycles. The van der Waals surface area contributed by atoms with Crippen molar-refractivity contribution in [3.63, 3.8) is 0 Å². The van der Waals surface area contributed by atoms with E-state index < -0.39 is 16.1 Å². The van der Waals surface area contributed by atoms with Crippen molar-refractivity contribution in [2.45, 2.75) is 32.2 Å². The highest BCUT2D eigenvalue weighted by Gasteiger charge is 2.45. The van der Waals surface area contributed by atoms with Crippen LogP contribution in [0.15, 0.2) is 24.3 Å². The average molecular weight is 423 g/mol. The molecule has 0 spiro atoms. The highest BCUT2D eigenvalue weighted by molar-refractivity contribution is 7.86. The first-order valence-electron chi connectivity index (χ1n) is 10.00. The quantitative estimate of drug-likeness (QED) is 0.733. The summed E-state index contributed by atoms with van der Waals surface area (Å²) in [5.41, 5.74) is 1.90. The first-order chi connectivity index (χ1) is 13.7. The van der Waals surface area contributed by atoms with Gasteiger partial charge in [-0.05, 0) is 24.0 Å². The van der Waals surface area contributed by atoms with Gasteiger partial charge in [0.2, 0.25) is 11.8 Å². The monoisotopic (exact) mass is 422 g/mol. The van der Waals surface area contributed by atoms with E-state index in [-0.39, 0.29) is 24.3 Å². The Morgan fingerprint density at radius 1 is 1.07 bits per heavy atom. The summed E-state index contributed by atoms with van der Waals surface area (Å²) in [5.74, 6) is -0.763. The largest absolute Gasteiger partial charge is 0.352 e. The molecule has 1 aromatic rings. The fourth-order valence-electron chi connectivity index (χ4n) is 4.07. The van der Waals surface area contributed by atoms with Gasteiger partial charge in [0.25, 0.3) is 10.2 Å². The SMILES string of the molecule is CC(=O)NCc1ccc([C@H]2CN(S(=O)(=O)N3CCCC3)C[C@@H]2C(=O)N(C)C)cc1. The highest BCUT2D eigenvalue weighted by Crippen LogP contribution is 2.36. The molecule has 1 N–H and O–H groups in total. The van der Waals surface area contributed by atoms with E-state index in [0.29, 0.717) is 26.2 Å². The summed E-state index contributed by atoms with van der Waals surface area (Å²) in [4.78, 5) is 25.4. The Kier molecular flexibility index (Phi) is 6.60. The van der Waals surface area contributed by atoms with Gasteiger partial charge in [-0.1, -0.05) is 24.3 Å². The van der Waals surface area contributed by atoms with Crippen molar-refractivity contribution in [2.24, 2.45) is 5.92 Å². The third-order valence-electron chi connectivity index (χ3n) is 5.71. The van der Waals surface area contributed by atoms with Crippen LogP contribution in [-0.2, 0) is 26.3 Å². The molecule has 0 radical (unpaired) electrons. The molecule has 160 valence electrons. The molecular formula is C20H30N4O4S. The maximum Gasteiger partial charge on any atom is 0.282 e. The summed E-state index contributed by atoms with van der Waals surface area (Å²) in [6.07, 6.45) is 1.76. The van der Waals surface area contributed by atoms with E-state index in [9.17, 15) is 18.0 Å². The van der Waals surface area contributed by atoms with Crippen molar-refractivity contribution in [3.05, 3.63) is 35.4 Å². The summed E-state index contributed by atoms with van der Waals surface area (Å²) in [5, 5.41) is 2.76. The minimum Gasteiger partial charge on any atom is -0.352 e. The molecule has 0 aromatic heterocycles. The van der Waals surface area contributed by atoms with Gasteiger partial charge in [-0.3, -0.25) is 9.59 Å². The number of benzene rings is 1. The zero-order valence-electron chi connectivity index (χ0n) is 17.3. The Bertz CT molecular complexity index is 848. The smallest absolute Gasteiger partial charge is 0.282 e. The van der Waals surface area contributed by atoms with Crippen LogP contribution in [-0.4, -0.2) is 74.0 Å². The molecule has 2 aliphatic rings. The Morgan fingerprint density at radius 3 is 2.24 bits per heavy atom. The van der Waals surface area contributed by atoms with E-state index in [4.69, 9.17) is 0 Å². The molecule has 1 aromatic carbocycles. The summed E-state index contributed by atoms with van der Waals surface area (Å²) >= 11 is 0. The lowest BCUT2D eigenvalue weighted by atomic mass is 9.87. The first-order valence-corrected chi connectivity index (χ1v) is 11.4. The van der Waals surface area contributed by atoms with Crippen molar-refractivity contribution in [1.82, 2.24) is 18.8 Å². The third-order valence-corrected chi connectivity index (χ3v) is 7.68. The van der Waals surface area contributed by atoms with Gasteiger partial charge >= 0.3 is 0 Å². The zero-order valence-corrected chi connectivity index (χ0v) is 18.1. The predicted octanol–water partition coefficient (Wildman–Crippen LogP) is 0.767. The molecule has 9 heteroatoms. The maximum absolute atomic E-state index is 13.0. The molecule has 8 nitrogen and oxygen atoms in total. The number of rotatable bonds is 6. The lowest BCUT2D eigenvalue weighted by Crippen LogP contribution is -2.42. The molecule has 0 unspecified atom stereocenters. The Morgan fingerprint density at radius 2 is 1.69 bits per heavy atom. The molecule has 2 atom stereocenters. The number of nitrogens with one attached hydrogen (secondary N) is 1. The summed E-state index contributed by atoms with van der Waals surface area (Å²) in [6.45, 7) is 3.51. The van der Waals surface area contributed by atoms with E-state index in [1.54, 1.807) is 14.1 Å². The zero-order chi connectivity index (χ0) is 21.2. The molecule has 29 heavy (non-hydrogen) atoms. The van der Waals surface area contributed by atoms with Gasteiger partial charge in [0.15, 0.2) is 0 Å². The van der Waals surface area contributed by atoms with Gasteiger partial charge in [0, 0.05) is 59.7 Å². The van der Waals surface area contributed by atoms with E-state index in [0.717, 1.165) is 24.0 Å². The van der Waals surface area contributed by atoms with Gasteiger partial charge < -0.3 is 10.2 Å². The van der Waals surface area contributed by atoms with Crippen molar-refractivity contribution in [3.8, 4) is 0 Å². The average Bonchev–Trinajstić information content (AvgIpc) is 3.36. The van der Waals surface area contributed by atoms with Crippen LogP contribution >= 0.6 is 0 Å². The second-order valence-corrected chi connectivity index (χ2v) is 9.96. The Labute approximate surface area is 173 Å². The van der Waals surface area contributed by atoms with E-state index in [1.165, 1.54) is 20.4 Å². The Balaban J connectivity index is 1.82. The van der Waals surface area contributed by atoms with Crippen LogP contribution in [0.25, 0.3) is 0 Å². The molecule has 2 aliphatic heterocycles. The van der Waals surface area contributed by atoms with Gasteiger partial charge in [-0.2, -0.15) is 17.0 Å². The molecule has 0 bridgehead atoms. The van der Waals surface area contributed by atoms with Crippen molar-refractivity contribution in [2.75, 3.05) is 40.3 Å². The first kappa shape index (κ1) is 21.7. The van der Waals surface area contributed by atoms with Crippen LogP contribution in [0.4, 0.5) is 0 Å². The van der Waals surface area contributed by atoms with Crippen LogP contribution in [0.2, 0.25) is 0 Å². The molecule has 0 aliphatic carbocycles. The standard InChI is InChI=1S/C20H30N4O4S/c1-15(25)21-12-16-6-8-17(9-7-16)18-13-24(14-19(18)20(26)22(2)3)29(27,28)23-10-4-5-11-23/h6-9,18-19H,4-5,10-14H2,1-3H3,(H,21,25)/t18-,19+/m1/s1. The summed E-state index contributed by atoms with van der Waals surface area (Å²) in [6, 6.07) is 7.70. The van der Waals surface area contributed by atoms with Gasteiger partial charge in [0.05, 0.1) is 5.92 Å². The normalized spacial score (nSPS) is 23.3. The van der Waals surface area contributed by atoms with Gasteiger partial charge in [0.1, 0.15) is 0 Å². The number of carbonyl (C=O) groups excluding carboxylic acids is 2. The number of hydrogen-bond donors (Lipinski definition) is 1. The van der Waals surface area contributed by atoms with E-state index in [1.807, 2.05) is 24.3 Å². The minimum absolute atomic E-state index is 0.0588. The van der Waals surface area contributed by atoms with Crippen LogP contribution in [0.1, 0.15) is 36.8 Å². The van der Waals surface area contributed by atoms with Crippen LogP contribution in [0, 0.1) is 5.92 Å². The third kappa shape index (κ3) is 4.79. The molecular weight excluding hydrogens is 392 g/mol. The fraction of sp³-hybridized carbons (Fsp3) is 0.600. The molecule has 3 rings (SSSR count). The lowest BCUT2D eigenvalue weighted by Gasteiger charge is -2.23. The molecule has 2 amide bonds. The Hall–Kier alpha value is -1.97. The topological polar surface area (TPSA) is 90.0 Å². The van der Waals surface area contributed by atoms with Crippen molar-refractivity contribution >= 4 is 22.0 Å². The molecule has 2 heterocycles. The van der Waals surface area contributed by atoms with Gasteiger partial charge in [-0.25, -0.2) is 0 Å². The van der Waals surface area contributed by atoms with Crippen LogP contribution in [0.5, 0.6) is 0 Å². The molecule has 2 saturated heterocycles. The van der Waals surface area contributed by atoms with E-state index in [2.05, 4.69) is 5.32 Å². The number of amides is 2. The number of nitrogens with zero attached hydrogens (tertiary/aromatic N) is 3. The van der Waals surface area contributed by atoms with Crippen LogP contribution in [0.3, 0.4) is 0 Å². The maximum atomic E-state index is 13.0. The number of hydrogen-bond acceptors (Lipinski definition) is 4. The second-order valence-electron chi connectivity index (χ2n) is 8.03. The summed E-state index contributed by atoms with van der Waals surface area (Å²) < 4.78 is 29.1. The van der Waals surface area contributed by atoms with Gasteiger partial charge in [-0.15, -0.1) is 0 Å². The predicted molar refractivity (Wildman–Crippen MR) is 110 cm³/mol. The summed E-state index contributed by atoms with van der Waals surface area (Å²) in [7, 11) is -0.145. The second kappa shape index (κ2) is 8.81. The number of carbonyl (C=O) groups is 2. The highest BCUT2D eigenvalue weighted by atomic mass is 32.2. The minimum atomic E-state index is -3.55. The van der Waals surface area contributed by atoms with Crippen molar-refractivity contribution in [1.29, 1.82) is 0 Å². The fourth-order valence-corrected chi connectivity index (χ4v) is 5.81. The van der Waals surface area contributed by atoms with E-state index >= 15 is 0 Å². The van der Waals surface area contributed by atoms with Crippen LogP contribution < -0.4 is 5.32 Å². The molecule has 2 fully saturated rings. The lowest BCUT2D eigenvalue weighted by molar-refractivity contribution is -0.132.